The van der Waals surface area contributed by atoms with Crippen LogP contribution in [0.4, 0.5) is 0 Å². The van der Waals surface area contributed by atoms with Gasteiger partial charge in [-0.05, 0) is 6.92 Å². The molecule has 0 saturated heterocycles. The first-order chi connectivity index (χ1) is 5.11. The van der Waals surface area contributed by atoms with Gasteiger partial charge >= 0.3 is 0 Å². The Balaban J connectivity index is 4.38. The SMILES string of the molecule is CC(C#N)C=C(CO)C(N)=O. The van der Waals surface area contributed by atoms with Crippen molar-refractivity contribution in [3.63, 3.8) is 0 Å². The molecule has 0 radical (unpaired) electrons. The molecule has 3 N–H and O–H groups in total. The average Bonchev–Trinajstić information content (AvgIpc) is 1.99. The van der Waals surface area contributed by atoms with Gasteiger partial charge in [0.1, 0.15) is 0 Å². The van der Waals surface area contributed by atoms with Crippen LogP contribution in [0.3, 0.4) is 0 Å². The molecule has 1 unspecified atom stereocenters. The van der Waals surface area contributed by atoms with Crippen molar-refractivity contribution in [3.8, 4) is 6.07 Å². The number of allylic oxidation sites excluding steroid dienone is 1. The van der Waals surface area contributed by atoms with Crippen molar-refractivity contribution in [2.45, 2.75) is 6.92 Å². The number of carbonyl (C=O) groups excluding carboxylic acids is 1. The number of nitriles is 1. The van der Waals surface area contributed by atoms with Gasteiger partial charge in [-0.3, -0.25) is 4.79 Å². The van der Waals surface area contributed by atoms with Crippen LogP contribution >= 0.6 is 0 Å². The number of nitrogens with zero attached hydrogens (tertiary/aromatic N) is 1. The molecule has 0 aliphatic rings. The summed E-state index contributed by atoms with van der Waals surface area (Å²) < 4.78 is 0. The van der Waals surface area contributed by atoms with E-state index in [1.165, 1.54) is 6.08 Å². The highest BCUT2D eigenvalue weighted by atomic mass is 16.3. The van der Waals surface area contributed by atoms with Gasteiger partial charge in [0, 0.05) is 5.57 Å². The van der Waals surface area contributed by atoms with Crippen molar-refractivity contribution in [1.82, 2.24) is 0 Å². The third kappa shape index (κ3) is 3.38. The van der Waals surface area contributed by atoms with Crippen LogP contribution < -0.4 is 5.73 Å². The second-order valence-electron chi connectivity index (χ2n) is 2.13. The molecule has 0 aromatic rings. The van der Waals surface area contributed by atoms with Crippen LogP contribution in [0.2, 0.25) is 0 Å². The van der Waals surface area contributed by atoms with Crippen molar-refractivity contribution >= 4 is 5.91 Å². The monoisotopic (exact) mass is 154 g/mol. The fourth-order valence-electron chi connectivity index (χ4n) is 0.552. The molecule has 0 rings (SSSR count). The molecule has 0 bridgehead atoms. The molecule has 0 fully saturated rings. The highest BCUT2D eigenvalue weighted by molar-refractivity contribution is 5.92. The molecule has 0 heterocycles. The predicted molar refractivity (Wildman–Crippen MR) is 39.1 cm³/mol. The molecule has 0 spiro atoms. The molecule has 4 nitrogen and oxygen atoms in total. The highest BCUT2D eigenvalue weighted by Crippen LogP contribution is 2.00. The Bertz CT molecular complexity index is 215. The molecular formula is C7H10N2O2. The zero-order chi connectivity index (χ0) is 8.85. The van der Waals surface area contributed by atoms with E-state index in [1.807, 2.05) is 6.07 Å². The maximum Gasteiger partial charge on any atom is 0.246 e. The first kappa shape index (κ1) is 9.66. The quantitative estimate of drug-likeness (QED) is 0.540. The van der Waals surface area contributed by atoms with Crippen molar-refractivity contribution in [1.29, 1.82) is 5.26 Å². The first-order valence-electron chi connectivity index (χ1n) is 3.12. The number of aliphatic hydroxyl groups excluding tert-OH is 1. The van der Waals surface area contributed by atoms with Crippen molar-refractivity contribution in [2.75, 3.05) is 6.61 Å². The van der Waals surface area contributed by atoms with Crippen molar-refractivity contribution in [2.24, 2.45) is 11.7 Å². The van der Waals surface area contributed by atoms with Gasteiger partial charge < -0.3 is 10.8 Å². The summed E-state index contributed by atoms with van der Waals surface area (Å²) in [6.45, 7) is 1.19. The largest absolute Gasteiger partial charge is 0.391 e. The Hall–Kier alpha value is -1.34. The van der Waals surface area contributed by atoms with Gasteiger partial charge in [-0.15, -0.1) is 0 Å². The summed E-state index contributed by atoms with van der Waals surface area (Å²) in [6.07, 6.45) is 1.35. The molecule has 0 aromatic carbocycles. The second-order valence-corrected chi connectivity index (χ2v) is 2.13. The van der Waals surface area contributed by atoms with Crippen molar-refractivity contribution < 1.29 is 9.90 Å². The number of amides is 1. The molecule has 0 aliphatic heterocycles. The minimum absolute atomic E-state index is 0.0825. The van der Waals surface area contributed by atoms with E-state index in [0.29, 0.717) is 0 Å². The van der Waals surface area contributed by atoms with E-state index in [9.17, 15) is 4.79 Å². The van der Waals surface area contributed by atoms with Gasteiger partial charge in [0.25, 0.3) is 0 Å². The lowest BCUT2D eigenvalue weighted by Crippen LogP contribution is -2.17. The number of rotatable bonds is 3. The minimum Gasteiger partial charge on any atom is -0.391 e. The molecule has 0 aromatic heterocycles. The van der Waals surface area contributed by atoms with E-state index in [-0.39, 0.29) is 5.57 Å². The Morgan fingerprint density at radius 1 is 1.91 bits per heavy atom. The van der Waals surface area contributed by atoms with Crippen LogP contribution in [-0.4, -0.2) is 17.6 Å². The lowest BCUT2D eigenvalue weighted by Gasteiger charge is -1.98. The molecule has 11 heavy (non-hydrogen) atoms. The number of primary amides is 1. The fraction of sp³-hybridized carbons (Fsp3) is 0.429. The van der Waals surface area contributed by atoms with Gasteiger partial charge in [-0.1, -0.05) is 6.08 Å². The zero-order valence-corrected chi connectivity index (χ0v) is 6.24. The first-order valence-corrected chi connectivity index (χ1v) is 3.12. The topological polar surface area (TPSA) is 87.1 Å². The summed E-state index contributed by atoms with van der Waals surface area (Å²) in [5.74, 6) is -1.08. The van der Waals surface area contributed by atoms with E-state index in [1.54, 1.807) is 6.92 Å². The van der Waals surface area contributed by atoms with Gasteiger partial charge in [0.2, 0.25) is 5.91 Å². The summed E-state index contributed by atoms with van der Waals surface area (Å²) in [6, 6.07) is 1.89. The predicted octanol–water partition coefficient (Wildman–Crippen LogP) is -0.450. The van der Waals surface area contributed by atoms with E-state index >= 15 is 0 Å². The summed E-state index contributed by atoms with van der Waals surface area (Å²) >= 11 is 0. The summed E-state index contributed by atoms with van der Waals surface area (Å²) in [5.41, 5.74) is 4.96. The molecule has 60 valence electrons. The standard InChI is InChI=1S/C7H10N2O2/c1-5(3-8)2-6(4-10)7(9)11/h2,5,10H,4H2,1H3,(H2,9,11). The molecule has 0 aliphatic carbocycles. The molecule has 4 heteroatoms. The van der Waals surface area contributed by atoms with Gasteiger partial charge in [0.15, 0.2) is 0 Å². The van der Waals surface area contributed by atoms with Crippen LogP contribution in [0.25, 0.3) is 0 Å². The van der Waals surface area contributed by atoms with Gasteiger partial charge in [-0.25, -0.2) is 0 Å². The molecule has 1 amide bonds. The van der Waals surface area contributed by atoms with Gasteiger partial charge in [0.05, 0.1) is 18.6 Å². The number of hydrogen-bond acceptors (Lipinski definition) is 3. The number of nitrogens with two attached hydrogens (primary N) is 1. The minimum atomic E-state index is -0.686. The van der Waals surface area contributed by atoms with Crippen LogP contribution in [0.1, 0.15) is 6.92 Å². The Morgan fingerprint density at radius 2 is 2.45 bits per heavy atom. The van der Waals surface area contributed by atoms with Gasteiger partial charge in [-0.2, -0.15) is 5.26 Å². The van der Waals surface area contributed by atoms with Crippen LogP contribution in [0.15, 0.2) is 11.6 Å². The maximum atomic E-state index is 10.5. The lowest BCUT2D eigenvalue weighted by molar-refractivity contribution is -0.115. The zero-order valence-electron chi connectivity index (χ0n) is 6.24. The molecular weight excluding hydrogens is 144 g/mol. The van der Waals surface area contributed by atoms with Crippen LogP contribution in [0.5, 0.6) is 0 Å². The van der Waals surface area contributed by atoms with Crippen LogP contribution in [-0.2, 0) is 4.79 Å². The molecule has 1 atom stereocenters. The highest BCUT2D eigenvalue weighted by Gasteiger charge is 2.04. The molecule has 0 saturated carbocycles. The summed E-state index contributed by atoms with van der Waals surface area (Å²) in [4.78, 5) is 10.5. The Labute approximate surface area is 64.9 Å². The van der Waals surface area contributed by atoms with E-state index in [2.05, 4.69) is 0 Å². The number of carbonyl (C=O) groups is 1. The summed E-state index contributed by atoms with van der Waals surface area (Å²) in [5, 5.41) is 16.9. The second kappa shape index (κ2) is 4.47. The maximum absolute atomic E-state index is 10.5. The smallest absolute Gasteiger partial charge is 0.246 e. The van der Waals surface area contributed by atoms with Crippen molar-refractivity contribution in [3.05, 3.63) is 11.6 Å². The van der Waals surface area contributed by atoms with E-state index in [4.69, 9.17) is 16.1 Å². The number of hydrogen-bond donors (Lipinski definition) is 2. The third-order valence-corrected chi connectivity index (χ3v) is 1.14. The summed E-state index contributed by atoms with van der Waals surface area (Å²) in [7, 11) is 0. The van der Waals surface area contributed by atoms with Crippen LogP contribution in [0, 0.1) is 17.2 Å². The normalized spacial score (nSPS) is 13.7. The van der Waals surface area contributed by atoms with E-state index in [0.717, 1.165) is 0 Å². The lowest BCUT2D eigenvalue weighted by atomic mass is 10.1. The third-order valence-electron chi connectivity index (χ3n) is 1.14. The van der Waals surface area contributed by atoms with E-state index < -0.39 is 18.4 Å². The fourth-order valence-corrected chi connectivity index (χ4v) is 0.552. The average molecular weight is 154 g/mol. The Morgan fingerprint density at radius 3 is 2.73 bits per heavy atom. The Kier molecular flexibility index (Phi) is 3.93. The number of aliphatic hydroxyl groups is 1.